The van der Waals surface area contributed by atoms with Crippen molar-refractivity contribution in [2.45, 2.75) is 25.9 Å². The van der Waals surface area contributed by atoms with E-state index >= 15 is 0 Å². The number of aliphatic hydroxyl groups is 1. The van der Waals surface area contributed by atoms with Gasteiger partial charge >= 0.3 is 0 Å². The Kier molecular flexibility index (Phi) is 5.59. The molecule has 0 saturated heterocycles. The molecule has 4 rings (SSSR count). The lowest BCUT2D eigenvalue weighted by Crippen LogP contribution is -2.02. The summed E-state index contributed by atoms with van der Waals surface area (Å²) in [5.41, 5.74) is 9.03. The second-order valence-electron chi connectivity index (χ2n) is 6.85. The van der Waals surface area contributed by atoms with Crippen molar-refractivity contribution in [1.29, 1.82) is 0 Å². The van der Waals surface area contributed by atoms with E-state index in [9.17, 15) is 9.50 Å². The molecule has 7 heteroatoms. The van der Waals surface area contributed by atoms with Gasteiger partial charge in [0.1, 0.15) is 5.82 Å². The maximum absolute atomic E-state index is 14.8. The maximum Gasteiger partial charge on any atom is 0.154 e. The number of aromatic nitrogens is 4. The summed E-state index contributed by atoms with van der Waals surface area (Å²) in [5.74, 6) is 0.156. The number of hydrogen-bond acceptors (Lipinski definition) is 5. The van der Waals surface area contributed by atoms with Gasteiger partial charge in [-0.25, -0.2) is 14.1 Å². The molecule has 0 fully saturated rings. The summed E-state index contributed by atoms with van der Waals surface area (Å²) in [5, 5.41) is 14.1. The molecule has 0 saturated carbocycles. The zero-order valence-electron chi connectivity index (χ0n) is 15.9. The smallest absolute Gasteiger partial charge is 0.154 e. The first-order chi connectivity index (χ1) is 14.2. The molecule has 4 aromatic rings. The minimum atomic E-state index is -0.364. The molecule has 6 nitrogen and oxygen atoms in total. The number of fused-ring (bicyclic) bond motifs is 1. The number of benzene rings is 1. The summed E-state index contributed by atoms with van der Waals surface area (Å²) >= 11 is 0. The van der Waals surface area contributed by atoms with Gasteiger partial charge in [-0.1, -0.05) is 12.1 Å². The summed E-state index contributed by atoms with van der Waals surface area (Å²) in [4.78, 5) is 9.07. The number of aliphatic hydroxyl groups excluding tert-OH is 1. The van der Waals surface area contributed by atoms with Gasteiger partial charge in [-0.15, -0.1) is 0 Å². The quantitative estimate of drug-likeness (QED) is 0.471. The van der Waals surface area contributed by atoms with Crippen LogP contribution in [0, 0.1) is 5.82 Å². The van der Waals surface area contributed by atoms with Crippen LogP contribution in [0.15, 0.2) is 54.7 Å². The van der Waals surface area contributed by atoms with E-state index in [0.29, 0.717) is 40.2 Å². The molecule has 148 valence electrons. The Bertz CT molecular complexity index is 1140. The monoisotopic (exact) mass is 391 g/mol. The number of aryl methyl sites for hydroxylation is 1. The van der Waals surface area contributed by atoms with Crippen LogP contribution in [0.2, 0.25) is 0 Å². The standard InChI is InChI=1S/C22H22FN5O/c23-19-11-15(20-8-3-6-16(26-20)5-1-2-10-24)12-21-18(19)13-25-28(21)22-9-4-7-17(14-29)27-22/h3-4,6-9,11-13,29H,1-2,5,10,14,24H2. The van der Waals surface area contributed by atoms with Crippen LogP contribution in [0.3, 0.4) is 0 Å². The van der Waals surface area contributed by atoms with E-state index in [-0.39, 0.29) is 12.4 Å². The first kappa shape index (κ1) is 19.2. The molecule has 3 N–H and O–H groups in total. The molecule has 0 aliphatic carbocycles. The molecule has 0 spiro atoms. The van der Waals surface area contributed by atoms with Gasteiger partial charge in [0.05, 0.1) is 35.1 Å². The second-order valence-corrected chi connectivity index (χ2v) is 6.85. The van der Waals surface area contributed by atoms with Crippen LogP contribution in [-0.2, 0) is 13.0 Å². The van der Waals surface area contributed by atoms with E-state index in [1.807, 2.05) is 24.3 Å². The number of unbranched alkanes of at least 4 members (excludes halogenated alkanes) is 1. The van der Waals surface area contributed by atoms with E-state index in [2.05, 4.69) is 10.1 Å². The second kappa shape index (κ2) is 8.46. The molecule has 0 unspecified atom stereocenters. The molecule has 29 heavy (non-hydrogen) atoms. The number of hydrogen-bond donors (Lipinski definition) is 2. The van der Waals surface area contributed by atoms with Crippen LogP contribution in [0.25, 0.3) is 28.0 Å². The van der Waals surface area contributed by atoms with Crippen LogP contribution in [-0.4, -0.2) is 31.4 Å². The topological polar surface area (TPSA) is 89.8 Å². The highest BCUT2D eigenvalue weighted by Gasteiger charge is 2.14. The molecule has 0 radical (unpaired) electrons. The summed E-state index contributed by atoms with van der Waals surface area (Å²) in [6.07, 6.45) is 4.25. The average molecular weight is 391 g/mol. The van der Waals surface area contributed by atoms with Crippen molar-refractivity contribution < 1.29 is 9.50 Å². The molecule has 3 heterocycles. The van der Waals surface area contributed by atoms with Gasteiger partial charge in [-0.05, 0) is 62.2 Å². The van der Waals surface area contributed by atoms with Crippen molar-refractivity contribution in [2.24, 2.45) is 5.73 Å². The highest BCUT2D eigenvalue weighted by atomic mass is 19.1. The van der Waals surface area contributed by atoms with E-state index in [1.54, 1.807) is 22.9 Å². The van der Waals surface area contributed by atoms with E-state index in [0.717, 1.165) is 25.0 Å². The van der Waals surface area contributed by atoms with Crippen molar-refractivity contribution in [3.8, 4) is 17.1 Å². The van der Waals surface area contributed by atoms with Crippen molar-refractivity contribution in [3.63, 3.8) is 0 Å². The maximum atomic E-state index is 14.8. The molecular formula is C22H22FN5O. The Hall–Kier alpha value is -3.16. The molecule has 1 aromatic carbocycles. The lowest BCUT2D eigenvalue weighted by atomic mass is 10.1. The third-order valence-corrected chi connectivity index (χ3v) is 4.80. The average Bonchev–Trinajstić information content (AvgIpc) is 3.19. The Morgan fingerprint density at radius 1 is 1.00 bits per heavy atom. The van der Waals surface area contributed by atoms with Crippen LogP contribution in [0.5, 0.6) is 0 Å². The fourth-order valence-corrected chi connectivity index (χ4v) is 3.32. The fraction of sp³-hybridized carbons (Fsp3) is 0.227. The predicted molar refractivity (Wildman–Crippen MR) is 110 cm³/mol. The molecule has 0 amide bonds. The normalized spacial score (nSPS) is 11.3. The zero-order chi connectivity index (χ0) is 20.2. The predicted octanol–water partition coefficient (Wildman–Crippen LogP) is 3.40. The van der Waals surface area contributed by atoms with Gasteiger partial charge in [0.15, 0.2) is 5.82 Å². The Morgan fingerprint density at radius 2 is 1.83 bits per heavy atom. The van der Waals surface area contributed by atoms with Gasteiger partial charge < -0.3 is 10.8 Å². The van der Waals surface area contributed by atoms with Gasteiger partial charge in [0.2, 0.25) is 0 Å². The summed E-state index contributed by atoms with van der Waals surface area (Å²) < 4.78 is 16.4. The number of nitrogens with zero attached hydrogens (tertiary/aromatic N) is 4. The number of pyridine rings is 2. The molecular weight excluding hydrogens is 369 g/mol. The van der Waals surface area contributed by atoms with Gasteiger partial charge in [0, 0.05) is 11.3 Å². The van der Waals surface area contributed by atoms with Crippen molar-refractivity contribution in [1.82, 2.24) is 19.7 Å². The van der Waals surface area contributed by atoms with Gasteiger partial charge in [-0.2, -0.15) is 5.10 Å². The number of halogens is 1. The minimum absolute atomic E-state index is 0.173. The van der Waals surface area contributed by atoms with E-state index < -0.39 is 0 Å². The van der Waals surface area contributed by atoms with Crippen LogP contribution >= 0.6 is 0 Å². The first-order valence-electron chi connectivity index (χ1n) is 9.60. The van der Waals surface area contributed by atoms with Gasteiger partial charge in [-0.3, -0.25) is 4.98 Å². The lowest BCUT2D eigenvalue weighted by molar-refractivity contribution is 0.276. The van der Waals surface area contributed by atoms with Crippen molar-refractivity contribution >= 4 is 10.9 Å². The minimum Gasteiger partial charge on any atom is -0.390 e. The summed E-state index contributed by atoms with van der Waals surface area (Å²) in [7, 11) is 0. The summed E-state index contributed by atoms with van der Waals surface area (Å²) in [6.45, 7) is 0.491. The summed E-state index contributed by atoms with van der Waals surface area (Å²) in [6, 6.07) is 14.4. The van der Waals surface area contributed by atoms with Gasteiger partial charge in [0.25, 0.3) is 0 Å². The largest absolute Gasteiger partial charge is 0.390 e. The Labute approximate surface area is 167 Å². The molecule has 0 aliphatic heterocycles. The third kappa shape index (κ3) is 4.01. The Morgan fingerprint density at radius 3 is 2.66 bits per heavy atom. The Balaban J connectivity index is 1.76. The van der Waals surface area contributed by atoms with Crippen molar-refractivity contribution in [2.75, 3.05) is 6.54 Å². The molecule has 3 aromatic heterocycles. The highest BCUT2D eigenvalue weighted by molar-refractivity contribution is 5.85. The van der Waals surface area contributed by atoms with Crippen LogP contribution in [0.1, 0.15) is 24.2 Å². The number of nitrogens with two attached hydrogens (primary N) is 1. The zero-order valence-corrected chi connectivity index (χ0v) is 15.9. The van der Waals surface area contributed by atoms with Crippen LogP contribution < -0.4 is 5.73 Å². The van der Waals surface area contributed by atoms with E-state index in [4.69, 9.17) is 10.7 Å². The molecule has 0 atom stereocenters. The third-order valence-electron chi connectivity index (χ3n) is 4.80. The molecule has 0 bridgehead atoms. The molecule has 0 aliphatic rings. The fourth-order valence-electron chi connectivity index (χ4n) is 3.32. The SMILES string of the molecule is NCCCCc1cccc(-c2cc(F)c3cnn(-c4cccc(CO)n4)c3c2)n1. The number of rotatable bonds is 7. The van der Waals surface area contributed by atoms with Crippen LogP contribution in [0.4, 0.5) is 4.39 Å². The van der Waals surface area contributed by atoms with E-state index in [1.165, 1.54) is 12.3 Å². The van der Waals surface area contributed by atoms with Crippen molar-refractivity contribution in [3.05, 3.63) is 71.9 Å². The highest BCUT2D eigenvalue weighted by Crippen LogP contribution is 2.27. The first-order valence-corrected chi connectivity index (χ1v) is 9.60. The lowest BCUT2D eigenvalue weighted by Gasteiger charge is -2.08.